The summed E-state index contributed by atoms with van der Waals surface area (Å²) >= 11 is 0. The second-order valence-electron chi connectivity index (χ2n) is 7.98. The fourth-order valence-corrected chi connectivity index (χ4v) is 3.75. The average Bonchev–Trinajstić information content (AvgIpc) is 3.15. The van der Waals surface area contributed by atoms with E-state index in [4.69, 9.17) is 0 Å². The normalized spacial score (nSPS) is 13.2. The molecule has 32 heavy (non-hydrogen) atoms. The minimum absolute atomic E-state index is 0.295. The summed E-state index contributed by atoms with van der Waals surface area (Å²) in [5.74, 6) is -1.04. The van der Waals surface area contributed by atoms with Gasteiger partial charge in [0, 0.05) is 30.1 Å². The van der Waals surface area contributed by atoms with Gasteiger partial charge >= 0.3 is 0 Å². The van der Waals surface area contributed by atoms with E-state index in [-0.39, 0.29) is 17.7 Å². The lowest BCUT2D eigenvalue weighted by molar-refractivity contribution is -0.111. The second-order valence-corrected chi connectivity index (χ2v) is 7.98. The van der Waals surface area contributed by atoms with Crippen molar-refractivity contribution in [3.8, 4) is 0 Å². The number of aromatic nitrogens is 2. The molecule has 0 aliphatic carbocycles. The maximum atomic E-state index is 12.5. The van der Waals surface area contributed by atoms with E-state index in [9.17, 15) is 14.4 Å². The summed E-state index contributed by atoms with van der Waals surface area (Å²) in [5.41, 5.74) is 6.16. The number of amides is 3. The Morgan fingerprint density at radius 3 is 2.41 bits per heavy atom. The lowest BCUT2D eigenvalue weighted by Crippen LogP contribution is -2.24. The molecule has 1 N–H and O–H groups in total. The van der Waals surface area contributed by atoms with Gasteiger partial charge in [0.1, 0.15) is 0 Å². The number of aryl methyl sites for hydroxylation is 2. The molecule has 0 unspecified atom stereocenters. The zero-order chi connectivity index (χ0) is 23.0. The van der Waals surface area contributed by atoms with E-state index in [0.717, 1.165) is 27.4 Å². The van der Waals surface area contributed by atoms with Gasteiger partial charge in [-0.25, -0.2) is 0 Å². The molecule has 1 aromatic heterocycles. The average molecular weight is 428 g/mol. The highest BCUT2D eigenvalue weighted by molar-refractivity contribution is 6.21. The van der Waals surface area contributed by atoms with E-state index in [1.807, 2.05) is 18.5 Å². The zero-order valence-electron chi connectivity index (χ0n) is 18.5. The monoisotopic (exact) mass is 428 g/mol. The van der Waals surface area contributed by atoms with Crippen LogP contribution in [-0.2, 0) is 11.3 Å². The standard InChI is InChI=1S/C25H24N4O3/c1-15-5-7-18(8-6-15)14-29-17(3)20(16(2)27-29)11-12-23(30)26-19-9-10-21-22(13-19)25(32)28(4)24(21)31/h5-13H,14H2,1-4H3,(H,26,30)/b12-11+. The number of rotatable bonds is 5. The fraction of sp³-hybridized carbons (Fsp3) is 0.200. The summed E-state index contributed by atoms with van der Waals surface area (Å²) in [5, 5.41) is 7.36. The first-order chi connectivity index (χ1) is 15.2. The van der Waals surface area contributed by atoms with Crippen LogP contribution in [0.4, 0.5) is 5.69 Å². The van der Waals surface area contributed by atoms with Gasteiger partial charge in [-0.2, -0.15) is 5.10 Å². The number of anilines is 1. The summed E-state index contributed by atoms with van der Waals surface area (Å²) in [4.78, 5) is 37.7. The summed E-state index contributed by atoms with van der Waals surface area (Å²) in [6, 6.07) is 13.0. The van der Waals surface area contributed by atoms with Gasteiger partial charge in [0.25, 0.3) is 11.8 Å². The smallest absolute Gasteiger partial charge is 0.261 e. The maximum Gasteiger partial charge on any atom is 0.261 e. The van der Waals surface area contributed by atoms with Crippen molar-refractivity contribution in [3.05, 3.63) is 87.7 Å². The third-order valence-electron chi connectivity index (χ3n) is 5.65. The first kappa shape index (κ1) is 21.2. The van der Waals surface area contributed by atoms with Crippen LogP contribution in [0.3, 0.4) is 0 Å². The molecule has 0 spiro atoms. The number of hydrogen-bond acceptors (Lipinski definition) is 4. The van der Waals surface area contributed by atoms with Gasteiger partial charge < -0.3 is 5.32 Å². The Balaban J connectivity index is 1.47. The molecule has 0 atom stereocenters. The minimum atomic E-state index is -0.371. The van der Waals surface area contributed by atoms with Crippen LogP contribution in [0, 0.1) is 20.8 Å². The maximum absolute atomic E-state index is 12.5. The van der Waals surface area contributed by atoms with E-state index in [1.165, 1.54) is 24.8 Å². The van der Waals surface area contributed by atoms with Crippen molar-refractivity contribution in [2.45, 2.75) is 27.3 Å². The zero-order valence-corrected chi connectivity index (χ0v) is 18.5. The molecule has 2 aromatic carbocycles. The number of hydrogen-bond donors (Lipinski definition) is 1. The SMILES string of the molecule is Cc1ccc(Cn2nc(C)c(/C=C/C(=O)Nc3ccc4c(c3)C(=O)N(C)C4=O)c2C)cc1. The summed E-state index contributed by atoms with van der Waals surface area (Å²) in [6.45, 7) is 6.60. The summed E-state index contributed by atoms with van der Waals surface area (Å²) in [6.07, 6.45) is 3.19. The van der Waals surface area contributed by atoms with Gasteiger partial charge in [-0.15, -0.1) is 0 Å². The van der Waals surface area contributed by atoms with Crippen LogP contribution >= 0.6 is 0 Å². The van der Waals surface area contributed by atoms with Crippen LogP contribution in [0.15, 0.2) is 48.5 Å². The largest absolute Gasteiger partial charge is 0.322 e. The van der Waals surface area contributed by atoms with Crippen LogP contribution in [0.1, 0.15) is 48.8 Å². The van der Waals surface area contributed by atoms with E-state index in [0.29, 0.717) is 23.4 Å². The van der Waals surface area contributed by atoms with Crippen molar-refractivity contribution in [2.24, 2.45) is 0 Å². The highest BCUT2D eigenvalue weighted by Gasteiger charge is 2.32. The Morgan fingerprint density at radius 2 is 1.69 bits per heavy atom. The number of nitrogens with one attached hydrogen (secondary N) is 1. The van der Waals surface area contributed by atoms with Crippen LogP contribution < -0.4 is 5.32 Å². The molecule has 0 radical (unpaired) electrons. The number of carbonyl (C=O) groups excluding carboxylic acids is 3. The minimum Gasteiger partial charge on any atom is -0.322 e. The van der Waals surface area contributed by atoms with E-state index in [2.05, 4.69) is 41.6 Å². The van der Waals surface area contributed by atoms with Gasteiger partial charge in [0.05, 0.1) is 23.4 Å². The van der Waals surface area contributed by atoms with Gasteiger partial charge in [0.2, 0.25) is 5.91 Å². The van der Waals surface area contributed by atoms with E-state index >= 15 is 0 Å². The Hall–Kier alpha value is -4.00. The first-order valence-electron chi connectivity index (χ1n) is 10.3. The van der Waals surface area contributed by atoms with Crippen LogP contribution in [0.5, 0.6) is 0 Å². The van der Waals surface area contributed by atoms with Crippen molar-refractivity contribution in [1.29, 1.82) is 0 Å². The summed E-state index contributed by atoms with van der Waals surface area (Å²) in [7, 11) is 1.44. The molecule has 1 aliphatic heterocycles. The van der Waals surface area contributed by atoms with Crippen LogP contribution in [-0.4, -0.2) is 39.4 Å². The van der Waals surface area contributed by atoms with Gasteiger partial charge in [-0.3, -0.25) is 24.0 Å². The Morgan fingerprint density at radius 1 is 1.00 bits per heavy atom. The molecule has 3 aromatic rings. The highest BCUT2D eigenvalue weighted by atomic mass is 16.2. The number of imide groups is 1. The van der Waals surface area contributed by atoms with Crippen LogP contribution in [0.25, 0.3) is 6.08 Å². The Kier molecular flexibility index (Phi) is 5.48. The Labute approximate surface area is 186 Å². The second kappa shape index (κ2) is 8.26. The first-order valence-corrected chi connectivity index (χ1v) is 10.3. The van der Waals surface area contributed by atoms with Crippen molar-refractivity contribution >= 4 is 29.5 Å². The molecular formula is C25H24N4O3. The van der Waals surface area contributed by atoms with Crippen molar-refractivity contribution < 1.29 is 14.4 Å². The molecule has 4 rings (SSSR count). The van der Waals surface area contributed by atoms with Crippen molar-refractivity contribution in [2.75, 3.05) is 12.4 Å². The van der Waals surface area contributed by atoms with Crippen molar-refractivity contribution in [3.63, 3.8) is 0 Å². The van der Waals surface area contributed by atoms with E-state index < -0.39 is 0 Å². The third kappa shape index (κ3) is 3.97. The molecule has 7 heteroatoms. The number of fused-ring (bicyclic) bond motifs is 1. The molecule has 3 amide bonds. The molecular weight excluding hydrogens is 404 g/mol. The predicted molar refractivity (Wildman–Crippen MR) is 123 cm³/mol. The third-order valence-corrected chi connectivity index (χ3v) is 5.65. The lowest BCUT2D eigenvalue weighted by atomic mass is 10.1. The van der Waals surface area contributed by atoms with Gasteiger partial charge in [0.15, 0.2) is 0 Å². The number of carbonyl (C=O) groups is 3. The molecule has 0 fully saturated rings. The quantitative estimate of drug-likeness (QED) is 0.496. The number of benzene rings is 2. The van der Waals surface area contributed by atoms with Crippen molar-refractivity contribution in [1.82, 2.24) is 14.7 Å². The highest BCUT2D eigenvalue weighted by Crippen LogP contribution is 2.25. The topological polar surface area (TPSA) is 84.3 Å². The van der Waals surface area contributed by atoms with E-state index in [1.54, 1.807) is 18.2 Å². The molecule has 162 valence electrons. The molecule has 0 bridgehead atoms. The molecule has 1 aliphatic rings. The Bertz CT molecular complexity index is 1270. The summed E-state index contributed by atoms with van der Waals surface area (Å²) < 4.78 is 1.93. The molecule has 7 nitrogen and oxygen atoms in total. The van der Waals surface area contributed by atoms with Gasteiger partial charge in [-0.05, 0) is 50.6 Å². The lowest BCUT2D eigenvalue weighted by Gasteiger charge is -2.05. The predicted octanol–water partition coefficient (Wildman–Crippen LogP) is 3.73. The fourth-order valence-electron chi connectivity index (χ4n) is 3.75. The molecule has 0 saturated carbocycles. The van der Waals surface area contributed by atoms with Crippen LogP contribution in [0.2, 0.25) is 0 Å². The van der Waals surface area contributed by atoms with Gasteiger partial charge in [-0.1, -0.05) is 29.8 Å². The molecule has 0 saturated heterocycles. The number of nitrogens with zero attached hydrogens (tertiary/aromatic N) is 3. The molecule has 2 heterocycles.